The Kier molecular flexibility index (Phi) is 4640. The van der Waals surface area contributed by atoms with Crippen LogP contribution in [0.2, 0.25) is 0 Å². The van der Waals surface area contributed by atoms with Crippen LogP contribution in [0, 0.1) is 0 Å². The van der Waals surface area contributed by atoms with Gasteiger partial charge in [-0.05, 0) is 0 Å². The van der Waals surface area contributed by atoms with Crippen LogP contribution in [0.5, 0.6) is 0 Å². The fourth-order valence-electron chi connectivity index (χ4n) is 0. The first-order chi connectivity index (χ1) is 0. The van der Waals surface area contributed by atoms with Crippen LogP contribution in [0.4, 0.5) is 0 Å². The Morgan fingerprint density at radius 1 is 0.278 bits per heavy atom. The predicted octanol–water partition coefficient (Wildman–Crippen LogP) is -42.3. The van der Waals surface area contributed by atoms with E-state index in [1.54, 1.807) is 0 Å². The van der Waals surface area contributed by atoms with Crippen LogP contribution in [0.3, 0.4) is 0 Å². The minimum absolute atomic E-state index is 0. The van der Waals surface area contributed by atoms with Crippen LogP contribution in [-0.2, 0) is 65.3 Å². The second kappa shape index (κ2) is 271. The van der Waals surface area contributed by atoms with Crippen molar-refractivity contribution in [1.82, 2.24) is 0 Å². The van der Waals surface area contributed by atoms with Gasteiger partial charge in [0, 0.05) is 0 Å². The molecule has 0 aromatic carbocycles. The van der Waals surface area contributed by atoms with Crippen molar-refractivity contribution in [1.29, 1.82) is 0 Å². The molecule has 0 spiro atoms. The fourth-order valence-corrected chi connectivity index (χ4v) is 0. The molecule has 0 saturated heterocycles. The first-order valence-corrected chi connectivity index (χ1v) is 0. The van der Waals surface area contributed by atoms with E-state index < -0.39 is 0 Å². The van der Waals surface area contributed by atoms with Gasteiger partial charge in [0.1, 0.15) is 0 Å². The average Bonchev–Trinajstić information content (AvgIpc) is 0. The number of hydrogen-bond donors (Lipinski definition) is 0. The third-order valence-electron chi connectivity index (χ3n) is 0. The monoisotopic (exact) mass is 706 g/mol. The summed E-state index contributed by atoms with van der Waals surface area (Å²) in [7, 11) is 0. The van der Waals surface area contributed by atoms with E-state index in [-0.39, 0.29) is 256 Å². The minimum Gasteiger partial charge on any atom is -1.00 e. The molecule has 0 amide bonds. The van der Waals surface area contributed by atoms with Crippen molar-refractivity contribution in [3.8, 4) is 0 Å². The maximum Gasteiger partial charge on any atom is 4.00 e. The van der Waals surface area contributed by atoms with Gasteiger partial charge in [0.2, 0.25) is 0 Å². The van der Waals surface area contributed by atoms with Crippen LogP contribution < -0.4 is 174 Å². The third-order valence-corrected chi connectivity index (χ3v) is 0. The zero-order valence-electron chi connectivity index (χ0n) is 7.28. The first kappa shape index (κ1) is 308. The van der Waals surface area contributed by atoms with E-state index in [2.05, 4.69) is 0 Å². The molecule has 0 heterocycles. The molecule has 0 aliphatic rings. The molecular weight excluding hydrogens is 714 g/mol. The van der Waals surface area contributed by atoms with Crippen LogP contribution >= 0.6 is 0 Å². The Morgan fingerprint density at radius 2 is 0.278 bits per heavy atom. The molecule has 0 rings (SSSR count). The van der Waals surface area contributed by atoms with E-state index in [9.17, 15) is 0 Å². The molecule has 1 radical (unpaired) electrons. The molecule has 0 aliphatic carbocycles. The molecule has 0 aromatic rings. The minimum atomic E-state index is 0. The molecule has 0 N–H and O–H groups in total. The van der Waals surface area contributed by atoms with Gasteiger partial charge in [0.05, 0.1) is 0 Å². The molecule has 18 heavy (non-hydrogen) atoms. The van der Waals surface area contributed by atoms with Crippen molar-refractivity contribution in [3.05, 3.63) is 0 Å². The number of rotatable bonds is 0. The zero-order valence-corrected chi connectivity index (χ0v) is 24.3. The van der Waals surface area contributed by atoms with Crippen molar-refractivity contribution in [2.75, 3.05) is 0 Å². The Hall–Kier alpha value is 6.72. The summed E-state index contributed by atoms with van der Waals surface area (Å²) in [5.74, 6) is 0. The van der Waals surface area contributed by atoms with Crippen LogP contribution in [0.1, 0.15) is 0 Å². The summed E-state index contributed by atoms with van der Waals surface area (Å²) in [4.78, 5) is 0. The third kappa shape index (κ3) is 237. The van der Waals surface area contributed by atoms with E-state index >= 15 is 0 Å². The second-order valence-corrected chi connectivity index (χ2v) is 0. The molecule has 0 saturated carbocycles. The summed E-state index contributed by atoms with van der Waals surface area (Å²) in [5, 5.41) is 0. The second-order valence-electron chi connectivity index (χ2n) is 0. The molecule has 0 atom stereocenters. The maximum atomic E-state index is 0. The Labute approximate surface area is 252 Å². The van der Waals surface area contributed by atoms with E-state index in [0.717, 1.165) is 0 Å². The van der Waals surface area contributed by atoms with Gasteiger partial charge in [0.15, 0.2) is 0 Å². The Bertz CT molecular complexity index is 21.8. The van der Waals surface area contributed by atoms with Crippen molar-refractivity contribution in [2.45, 2.75) is 0 Å². The quantitative estimate of drug-likeness (QED) is 0.219. The summed E-state index contributed by atoms with van der Waals surface area (Å²) < 4.78 is 0. The van der Waals surface area contributed by atoms with Gasteiger partial charge in [-0.25, -0.2) is 0 Å². The molecule has 0 aliphatic heterocycles. The summed E-state index contributed by atoms with van der Waals surface area (Å²) >= 11 is 0. The van der Waals surface area contributed by atoms with Gasteiger partial charge in [-0.15, -0.1) is 0 Å². The van der Waals surface area contributed by atoms with Gasteiger partial charge in [-0.1, -0.05) is 0 Å². The van der Waals surface area contributed by atoms with Crippen molar-refractivity contribution >= 4 is 17.4 Å². The van der Waals surface area contributed by atoms with Crippen molar-refractivity contribution < 1.29 is 239 Å². The SMILES string of the molecule is [Al+3].[Cl-].[Cl-].[Cl-].[Cl-].[Cl-].[Cl-].[Cl-].[Cl-].[Cl-].[Cl-].[Cl-].[Cl-].[Cl-].[Cl-].[Cr+3].[Ti+4].[Zr+4]. The molecular formula is AlCl14CrTiZr. The van der Waals surface area contributed by atoms with Crippen molar-refractivity contribution in [3.63, 3.8) is 0 Å². The Morgan fingerprint density at radius 3 is 0.278 bits per heavy atom. The molecule has 0 bridgehead atoms. The fraction of sp³-hybridized carbons (Fsp3) is 0. The van der Waals surface area contributed by atoms with E-state index in [1.165, 1.54) is 0 Å². The van der Waals surface area contributed by atoms with Crippen LogP contribution in [0.15, 0.2) is 0 Å². The first-order valence-electron chi connectivity index (χ1n) is 0. The molecule has 0 unspecified atom stereocenters. The summed E-state index contributed by atoms with van der Waals surface area (Å²) in [6, 6.07) is 0. The van der Waals surface area contributed by atoms with E-state index in [4.69, 9.17) is 0 Å². The topological polar surface area (TPSA) is 0 Å². The smallest absolute Gasteiger partial charge is 1.00 e. The van der Waals surface area contributed by atoms with Gasteiger partial charge >= 0.3 is 82.6 Å². The summed E-state index contributed by atoms with van der Waals surface area (Å²) in [6.45, 7) is 0. The Balaban J connectivity index is 0. The van der Waals surface area contributed by atoms with Gasteiger partial charge in [-0.3, -0.25) is 0 Å². The maximum absolute atomic E-state index is 0. The normalized spacial score (nSPS) is 0. The van der Waals surface area contributed by atoms with E-state index in [0.29, 0.717) is 0 Å². The number of hydrogen-bond acceptors (Lipinski definition) is 0. The molecule has 115 valence electrons. The molecule has 0 nitrogen and oxygen atoms in total. The molecule has 0 fully saturated rings. The standard InChI is InChI=1S/Al.14ClH.Cr.Ti.Zr/h;14*1H;;;/q+3;;;;;;;;;;;;;;;+3;2*+4/p-14. The van der Waals surface area contributed by atoms with Crippen molar-refractivity contribution in [2.24, 2.45) is 0 Å². The average molecular weight is 714 g/mol. The van der Waals surface area contributed by atoms with Gasteiger partial charge < -0.3 is 174 Å². The molecule has 0 aromatic heterocycles. The largest absolute Gasteiger partial charge is 4.00 e. The number of halogens is 14. The van der Waals surface area contributed by atoms with Crippen LogP contribution in [0.25, 0.3) is 0 Å². The predicted molar refractivity (Wildman–Crippen MR) is 5.75 cm³/mol. The van der Waals surface area contributed by atoms with Crippen LogP contribution in [-0.4, -0.2) is 17.4 Å². The van der Waals surface area contributed by atoms with Gasteiger partial charge in [-0.2, -0.15) is 0 Å². The zero-order chi connectivity index (χ0) is 0. The summed E-state index contributed by atoms with van der Waals surface area (Å²) in [6.07, 6.45) is 0. The summed E-state index contributed by atoms with van der Waals surface area (Å²) in [5.41, 5.74) is 0. The van der Waals surface area contributed by atoms with E-state index in [1.807, 2.05) is 0 Å². The van der Waals surface area contributed by atoms with Gasteiger partial charge in [0.25, 0.3) is 0 Å². The molecule has 18 heteroatoms.